The number of hydrogen-bond acceptors (Lipinski definition) is 3. The van der Waals surface area contributed by atoms with Gasteiger partial charge >= 0.3 is 0 Å². The Balaban J connectivity index is 2.19. The summed E-state index contributed by atoms with van der Waals surface area (Å²) in [4.78, 5) is 4.23. The highest BCUT2D eigenvalue weighted by molar-refractivity contribution is 7.98. The number of thioether (sulfide) groups is 1. The van der Waals surface area contributed by atoms with E-state index in [0.29, 0.717) is 0 Å². The number of pyridine rings is 1. The zero-order valence-corrected chi connectivity index (χ0v) is 8.92. The van der Waals surface area contributed by atoms with E-state index in [1.807, 2.05) is 36.3 Å². The van der Waals surface area contributed by atoms with E-state index in [1.54, 1.807) is 0 Å². The van der Waals surface area contributed by atoms with E-state index in [9.17, 15) is 0 Å². The van der Waals surface area contributed by atoms with Crippen molar-refractivity contribution in [2.75, 3.05) is 23.9 Å². The summed E-state index contributed by atoms with van der Waals surface area (Å²) in [5, 5.41) is 3.38. The topological polar surface area (TPSA) is 29.3 Å². The van der Waals surface area contributed by atoms with Gasteiger partial charge in [-0.15, -0.1) is 0 Å². The van der Waals surface area contributed by atoms with Crippen molar-refractivity contribution in [3.63, 3.8) is 0 Å². The molecule has 0 fully saturated rings. The van der Waals surface area contributed by atoms with E-state index in [0.717, 1.165) is 23.8 Å². The first-order valence-electron chi connectivity index (χ1n) is 4.57. The molecule has 4 heteroatoms. The molecule has 0 unspecified atom stereocenters. The molecule has 0 aliphatic rings. The average molecular weight is 207 g/mol. The number of aromatic nitrogens is 2. The van der Waals surface area contributed by atoms with Crippen LogP contribution >= 0.6 is 11.8 Å². The fourth-order valence-corrected chi connectivity index (χ4v) is 1.68. The van der Waals surface area contributed by atoms with Crippen molar-refractivity contribution < 1.29 is 0 Å². The van der Waals surface area contributed by atoms with E-state index >= 15 is 0 Å². The van der Waals surface area contributed by atoms with E-state index in [1.165, 1.54) is 0 Å². The minimum Gasteiger partial charge on any atom is -0.370 e. The van der Waals surface area contributed by atoms with Gasteiger partial charge in [-0.25, -0.2) is 4.98 Å². The molecule has 2 aromatic heterocycles. The summed E-state index contributed by atoms with van der Waals surface area (Å²) in [5.41, 5.74) is 0.985. The van der Waals surface area contributed by atoms with Gasteiger partial charge in [-0.05, 0) is 18.4 Å². The van der Waals surface area contributed by atoms with E-state index in [2.05, 4.69) is 27.0 Å². The molecular weight excluding hydrogens is 194 g/mol. The van der Waals surface area contributed by atoms with Gasteiger partial charge in [0.15, 0.2) is 0 Å². The van der Waals surface area contributed by atoms with Crippen LogP contribution in [0.1, 0.15) is 0 Å². The zero-order valence-electron chi connectivity index (χ0n) is 8.10. The molecule has 0 radical (unpaired) electrons. The lowest BCUT2D eigenvalue weighted by molar-refractivity contribution is 1.11. The summed E-state index contributed by atoms with van der Waals surface area (Å²) < 4.78 is 2.06. The first kappa shape index (κ1) is 9.40. The van der Waals surface area contributed by atoms with Crippen LogP contribution in [-0.4, -0.2) is 27.9 Å². The Labute approximate surface area is 87.5 Å². The minimum absolute atomic E-state index is 0.985. The van der Waals surface area contributed by atoms with Crippen molar-refractivity contribution in [3.05, 3.63) is 30.6 Å². The van der Waals surface area contributed by atoms with Crippen LogP contribution in [0.4, 0.5) is 5.82 Å². The zero-order chi connectivity index (χ0) is 9.80. The largest absolute Gasteiger partial charge is 0.370 e. The molecule has 2 rings (SSSR count). The predicted octanol–water partition coefficient (Wildman–Crippen LogP) is 2.11. The fourth-order valence-electron chi connectivity index (χ4n) is 1.37. The van der Waals surface area contributed by atoms with Gasteiger partial charge in [-0.3, -0.25) is 4.40 Å². The van der Waals surface area contributed by atoms with E-state index in [4.69, 9.17) is 0 Å². The smallest absolute Gasteiger partial charge is 0.138 e. The Morgan fingerprint density at radius 1 is 1.50 bits per heavy atom. The average Bonchev–Trinajstić information content (AvgIpc) is 2.67. The summed E-state index contributed by atoms with van der Waals surface area (Å²) in [6.07, 6.45) is 5.89. The summed E-state index contributed by atoms with van der Waals surface area (Å²) in [6, 6.07) is 6.08. The molecule has 2 aromatic rings. The van der Waals surface area contributed by atoms with Gasteiger partial charge < -0.3 is 5.32 Å². The second-order valence-electron chi connectivity index (χ2n) is 2.99. The number of fused-ring (bicyclic) bond motifs is 1. The molecule has 0 saturated heterocycles. The molecule has 0 spiro atoms. The standard InChI is InChI=1S/C10H13N3S/c1-14-8-6-12-10-4-2-3-9-11-5-7-13(9)10/h2-5,7,12H,6,8H2,1H3. The van der Waals surface area contributed by atoms with Crippen molar-refractivity contribution in [2.24, 2.45) is 0 Å². The van der Waals surface area contributed by atoms with Crippen molar-refractivity contribution in [3.8, 4) is 0 Å². The Hall–Kier alpha value is -1.16. The van der Waals surface area contributed by atoms with Gasteiger partial charge in [0, 0.05) is 24.7 Å². The summed E-state index contributed by atoms with van der Waals surface area (Å²) in [7, 11) is 0. The maximum absolute atomic E-state index is 4.23. The molecule has 0 aliphatic carbocycles. The highest BCUT2D eigenvalue weighted by Crippen LogP contribution is 2.10. The lowest BCUT2D eigenvalue weighted by Gasteiger charge is -2.07. The van der Waals surface area contributed by atoms with Gasteiger partial charge in [0.2, 0.25) is 0 Å². The van der Waals surface area contributed by atoms with Crippen LogP contribution in [0.2, 0.25) is 0 Å². The third kappa shape index (κ3) is 1.85. The van der Waals surface area contributed by atoms with E-state index < -0.39 is 0 Å². The quantitative estimate of drug-likeness (QED) is 0.779. The Bertz CT molecular complexity index is 410. The Kier molecular flexibility index (Phi) is 2.93. The third-order valence-electron chi connectivity index (χ3n) is 2.04. The van der Waals surface area contributed by atoms with Gasteiger partial charge in [0.1, 0.15) is 11.5 Å². The lowest BCUT2D eigenvalue weighted by Crippen LogP contribution is -2.06. The minimum atomic E-state index is 0.985. The maximum Gasteiger partial charge on any atom is 0.138 e. The molecule has 3 nitrogen and oxygen atoms in total. The highest BCUT2D eigenvalue weighted by Gasteiger charge is 1.98. The molecule has 14 heavy (non-hydrogen) atoms. The number of anilines is 1. The lowest BCUT2D eigenvalue weighted by atomic mass is 10.4. The molecule has 0 saturated carbocycles. The van der Waals surface area contributed by atoms with E-state index in [-0.39, 0.29) is 0 Å². The molecule has 2 heterocycles. The first-order chi connectivity index (χ1) is 6.92. The summed E-state index contributed by atoms with van der Waals surface area (Å²) >= 11 is 1.84. The molecule has 0 amide bonds. The number of nitrogens with zero attached hydrogens (tertiary/aromatic N) is 2. The maximum atomic E-state index is 4.23. The number of imidazole rings is 1. The summed E-state index contributed by atoms with van der Waals surface area (Å²) in [5.74, 6) is 2.22. The second kappa shape index (κ2) is 4.37. The van der Waals surface area contributed by atoms with Crippen molar-refractivity contribution in [1.82, 2.24) is 9.38 Å². The first-order valence-corrected chi connectivity index (χ1v) is 5.96. The molecule has 74 valence electrons. The Morgan fingerprint density at radius 3 is 3.29 bits per heavy atom. The van der Waals surface area contributed by atoms with Gasteiger partial charge in [-0.2, -0.15) is 11.8 Å². The number of nitrogens with one attached hydrogen (secondary N) is 1. The van der Waals surface area contributed by atoms with Crippen molar-refractivity contribution >= 4 is 23.2 Å². The van der Waals surface area contributed by atoms with Crippen LogP contribution < -0.4 is 5.32 Å². The fraction of sp³-hybridized carbons (Fsp3) is 0.300. The molecule has 1 N–H and O–H groups in total. The molecular formula is C10H13N3S. The Morgan fingerprint density at radius 2 is 2.43 bits per heavy atom. The molecule has 0 aromatic carbocycles. The second-order valence-corrected chi connectivity index (χ2v) is 3.97. The van der Waals surface area contributed by atoms with Crippen LogP contribution in [0.15, 0.2) is 30.6 Å². The van der Waals surface area contributed by atoms with Gasteiger partial charge in [0.05, 0.1) is 0 Å². The number of rotatable bonds is 4. The van der Waals surface area contributed by atoms with Crippen LogP contribution in [0.25, 0.3) is 5.65 Å². The SMILES string of the molecule is CSCCNc1cccc2nccn12. The van der Waals surface area contributed by atoms with Gasteiger partial charge in [-0.1, -0.05) is 6.07 Å². The molecule has 0 bridgehead atoms. The monoisotopic (exact) mass is 207 g/mol. The molecule has 0 atom stereocenters. The van der Waals surface area contributed by atoms with Crippen LogP contribution in [0.5, 0.6) is 0 Å². The predicted molar refractivity (Wildman–Crippen MR) is 62.1 cm³/mol. The van der Waals surface area contributed by atoms with Crippen molar-refractivity contribution in [2.45, 2.75) is 0 Å². The summed E-state index contributed by atoms with van der Waals surface area (Å²) in [6.45, 7) is 0.985. The van der Waals surface area contributed by atoms with Crippen LogP contribution in [0, 0.1) is 0 Å². The van der Waals surface area contributed by atoms with Gasteiger partial charge in [0.25, 0.3) is 0 Å². The third-order valence-corrected chi connectivity index (χ3v) is 2.65. The number of hydrogen-bond donors (Lipinski definition) is 1. The normalized spacial score (nSPS) is 10.6. The van der Waals surface area contributed by atoms with Crippen LogP contribution in [-0.2, 0) is 0 Å². The van der Waals surface area contributed by atoms with Crippen LogP contribution in [0.3, 0.4) is 0 Å². The van der Waals surface area contributed by atoms with Crippen molar-refractivity contribution in [1.29, 1.82) is 0 Å². The highest BCUT2D eigenvalue weighted by atomic mass is 32.2. The molecule has 0 aliphatic heterocycles.